The van der Waals surface area contributed by atoms with E-state index in [1.54, 1.807) is 0 Å². The number of nitro benzene ring substituents is 1. The number of hydrogen-bond acceptors (Lipinski definition) is 3. The molecule has 1 N–H and O–H groups in total. The Bertz CT molecular complexity index is 628. The SMILES string of the molecule is O=C(O)C1C2C=CC(C2)C1c1cc([N+](=O)[O-])ccc1Cl. The van der Waals surface area contributed by atoms with Crippen molar-refractivity contribution in [1.82, 2.24) is 0 Å². The second kappa shape index (κ2) is 4.59. The van der Waals surface area contributed by atoms with E-state index in [0.29, 0.717) is 10.6 Å². The number of benzene rings is 1. The molecule has 0 aliphatic heterocycles. The molecule has 0 heterocycles. The van der Waals surface area contributed by atoms with Gasteiger partial charge in [-0.05, 0) is 29.9 Å². The summed E-state index contributed by atoms with van der Waals surface area (Å²) in [5.74, 6) is -1.60. The van der Waals surface area contributed by atoms with Crippen molar-refractivity contribution in [3.05, 3.63) is 51.1 Å². The van der Waals surface area contributed by atoms with Gasteiger partial charge >= 0.3 is 5.97 Å². The fourth-order valence-corrected chi connectivity index (χ4v) is 3.73. The summed E-state index contributed by atoms with van der Waals surface area (Å²) >= 11 is 6.15. The van der Waals surface area contributed by atoms with Crippen LogP contribution in [0.1, 0.15) is 17.9 Å². The number of rotatable bonds is 3. The van der Waals surface area contributed by atoms with Crippen LogP contribution in [-0.2, 0) is 4.79 Å². The summed E-state index contributed by atoms with van der Waals surface area (Å²) in [6.07, 6.45) is 4.72. The van der Waals surface area contributed by atoms with Crippen LogP contribution in [-0.4, -0.2) is 16.0 Å². The number of carboxylic acid groups (broad SMARTS) is 1. The van der Waals surface area contributed by atoms with Crippen molar-refractivity contribution in [1.29, 1.82) is 0 Å². The van der Waals surface area contributed by atoms with Gasteiger partial charge in [-0.15, -0.1) is 0 Å². The van der Waals surface area contributed by atoms with Crippen LogP contribution < -0.4 is 0 Å². The molecule has 0 spiro atoms. The molecule has 1 fully saturated rings. The van der Waals surface area contributed by atoms with Gasteiger partial charge in [-0.3, -0.25) is 14.9 Å². The number of fused-ring (bicyclic) bond motifs is 2. The predicted molar refractivity (Wildman–Crippen MR) is 72.7 cm³/mol. The Morgan fingerprint density at radius 3 is 2.70 bits per heavy atom. The maximum absolute atomic E-state index is 11.5. The van der Waals surface area contributed by atoms with Crippen molar-refractivity contribution in [3.8, 4) is 0 Å². The molecular weight excluding hydrogens is 282 g/mol. The normalized spacial score (nSPS) is 30.6. The third-order valence-electron chi connectivity index (χ3n) is 4.29. The number of allylic oxidation sites excluding steroid dienone is 2. The Labute approximate surface area is 120 Å². The molecule has 0 aromatic heterocycles. The van der Waals surface area contributed by atoms with E-state index < -0.39 is 16.8 Å². The van der Waals surface area contributed by atoms with Gasteiger partial charge in [0.1, 0.15) is 0 Å². The van der Waals surface area contributed by atoms with Gasteiger partial charge in [-0.2, -0.15) is 0 Å². The van der Waals surface area contributed by atoms with Gasteiger partial charge in [-0.25, -0.2) is 0 Å². The molecule has 2 aliphatic carbocycles. The highest BCUT2D eigenvalue weighted by atomic mass is 35.5. The monoisotopic (exact) mass is 293 g/mol. The van der Waals surface area contributed by atoms with Crippen molar-refractivity contribution in [2.24, 2.45) is 17.8 Å². The molecule has 6 heteroatoms. The molecule has 2 bridgehead atoms. The molecule has 4 atom stereocenters. The average Bonchev–Trinajstić information content (AvgIpc) is 2.99. The first-order valence-electron chi connectivity index (χ1n) is 6.34. The fraction of sp³-hybridized carbons (Fsp3) is 0.357. The molecule has 0 amide bonds. The first-order valence-corrected chi connectivity index (χ1v) is 6.72. The summed E-state index contributed by atoms with van der Waals surface area (Å²) < 4.78 is 0. The van der Waals surface area contributed by atoms with Gasteiger partial charge in [-0.1, -0.05) is 23.8 Å². The number of nitrogens with zero attached hydrogens (tertiary/aromatic N) is 1. The van der Waals surface area contributed by atoms with E-state index in [-0.39, 0.29) is 23.4 Å². The Balaban J connectivity index is 2.08. The Kier molecular flexibility index (Phi) is 3.01. The van der Waals surface area contributed by atoms with Crippen molar-refractivity contribution in [2.75, 3.05) is 0 Å². The zero-order valence-corrected chi connectivity index (χ0v) is 11.2. The van der Waals surface area contributed by atoms with Crippen molar-refractivity contribution in [2.45, 2.75) is 12.3 Å². The zero-order valence-electron chi connectivity index (χ0n) is 10.4. The molecule has 2 aliphatic rings. The van der Waals surface area contributed by atoms with Crippen LogP contribution in [0.15, 0.2) is 30.4 Å². The lowest BCUT2D eigenvalue weighted by Crippen LogP contribution is -2.26. The number of non-ortho nitro benzene ring substituents is 1. The van der Waals surface area contributed by atoms with Gasteiger partial charge in [0, 0.05) is 23.1 Å². The lowest BCUT2D eigenvalue weighted by atomic mass is 9.78. The van der Waals surface area contributed by atoms with Crippen LogP contribution in [0.4, 0.5) is 5.69 Å². The fourth-order valence-electron chi connectivity index (χ4n) is 3.48. The van der Waals surface area contributed by atoms with E-state index in [2.05, 4.69) is 0 Å². The maximum atomic E-state index is 11.5. The average molecular weight is 294 g/mol. The molecule has 0 saturated heterocycles. The second-order valence-electron chi connectivity index (χ2n) is 5.30. The third kappa shape index (κ3) is 1.89. The molecule has 3 rings (SSSR count). The van der Waals surface area contributed by atoms with Gasteiger partial charge < -0.3 is 5.11 Å². The van der Waals surface area contributed by atoms with Crippen LogP contribution >= 0.6 is 11.6 Å². The van der Waals surface area contributed by atoms with Crippen molar-refractivity contribution >= 4 is 23.3 Å². The summed E-state index contributed by atoms with van der Waals surface area (Å²) in [6, 6.07) is 4.23. The van der Waals surface area contributed by atoms with Gasteiger partial charge in [0.05, 0.1) is 10.8 Å². The molecule has 5 nitrogen and oxygen atoms in total. The number of aliphatic carboxylic acids is 1. The Morgan fingerprint density at radius 1 is 1.35 bits per heavy atom. The smallest absolute Gasteiger partial charge is 0.307 e. The Hall–Kier alpha value is -1.88. The van der Waals surface area contributed by atoms with Crippen LogP contribution in [0.5, 0.6) is 0 Å². The van der Waals surface area contributed by atoms with Crippen LogP contribution in [0.25, 0.3) is 0 Å². The minimum Gasteiger partial charge on any atom is -0.481 e. The quantitative estimate of drug-likeness (QED) is 0.527. The molecule has 20 heavy (non-hydrogen) atoms. The predicted octanol–water partition coefficient (Wildman–Crippen LogP) is 3.24. The first kappa shape index (κ1) is 13.1. The highest BCUT2D eigenvalue weighted by molar-refractivity contribution is 6.31. The lowest BCUT2D eigenvalue weighted by Gasteiger charge is -2.25. The number of nitro groups is 1. The summed E-state index contributed by atoms with van der Waals surface area (Å²) in [4.78, 5) is 21.9. The number of hydrogen-bond donors (Lipinski definition) is 1. The zero-order chi connectivity index (χ0) is 14.4. The minimum atomic E-state index is -0.866. The van der Waals surface area contributed by atoms with Crippen molar-refractivity contribution < 1.29 is 14.8 Å². The largest absolute Gasteiger partial charge is 0.481 e. The first-order chi connectivity index (χ1) is 9.49. The minimum absolute atomic E-state index is 0.00201. The molecule has 4 unspecified atom stereocenters. The van der Waals surface area contributed by atoms with Crippen LogP contribution in [0.2, 0.25) is 5.02 Å². The van der Waals surface area contributed by atoms with Gasteiger partial charge in [0.15, 0.2) is 0 Å². The van der Waals surface area contributed by atoms with E-state index in [1.807, 2.05) is 12.2 Å². The van der Waals surface area contributed by atoms with E-state index >= 15 is 0 Å². The van der Waals surface area contributed by atoms with E-state index in [9.17, 15) is 20.0 Å². The molecule has 0 radical (unpaired) electrons. The standard InChI is InChI=1S/C14H12ClNO4/c15-11-4-3-9(16(19)20)6-10(11)12-7-1-2-8(5-7)13(12)14(17)18/h1-4,6-8,12-13H,5H2,(H,17,18). The van der Waals surface area contributed by atoms with E-state index in [0.717, 1.165) is 6.42 Å². The van der Waals surface area contributed by atoms with Crippen LogP contribution in [0, 0.1) is 27.9 Å². The van der Waals surface area contributed by atoms with Gasteiger partial charge in [0.25, 0.3) is 5.69 Å². The second-order valence-corrected chi connectivity index (χ2v) is 5.71. The molecule has 1 aromatic carbocycles. The highest BCUT2D eigenvalue weighted by Crippen LogP contribution is 2.54. The highest BCUT2D eigenvalue weighted by Gasteiger charge is 2.49. The van der Waals surface area contributed by atoms with E-state index in [1.165, 1.54) is 18.2 Å². The summed E-state index contributed by atoms with van der Waals surface area (Å²) in [5, 5.41) is 20.7. The number of carbonyl (C=O) groups is 1. The van der Waals surface area contributed by atoms with Gasteiger partial charge in [0.2, 0.25) is 0 Å². The molecule has 1 saturated carbocycles. The van der Waals surface area contributed by atoms with Crippen molar-refractivity contribution in [3.63, 3.8) is 0 Å². The van der Waals surface area contributed by atoms with Crippen LogP contribution in [0.3, 0.4) is 0 Å². The summed E-state index contributed by atoms with van der Waals surface area (Å²) in [7, 11) is 0. The molecular formula is C14H12ClNO4. The topological polar surface area (TPSA) is 80.4 Å². The van der Waals surface area contributed by atoms with E-state index in [4.69, 9.17) is 11.6 Å². The number of halogens is 1. The maximum Gasteiger partial charge on any atom is 0.307 e. The lowest BCUT2D eigenvalue weighted by molar-refractivity contribution is -0.384. The summed E-state index contributed by atoms with van der Waals surface area (Å²) in [6.45, 7) is 0. The molecule has 104 valence electrons. The molecule has 1 aromatic rings. The summed E-state index contributed by atoms with van der Waals surface area (Å²) in [5.41, 5.74) is 0.519. The Morgan fingerprint density at radius 2 is 2.05 bits per heavy atom. The number of carboxylic acids is 1. The third-order valence-corrected chi connectivity index (χ3v) is 4.64.